The van der Waals surface area contributed by atoms with E-state index in [4.69, 9.17) is 5.11 Å². The number of carbonyl (C=O) groups excluding carboxylic acids is 1. The van der Waals surface area contributed by atoms with Crippen molar-refractivity contribution in [2.75, 3.05) is 19.1 Å². The third-order valence-corrected chi connectivity index (χ3v) is 3.97. The Morgan fingerprint density at radius 1 is 1.30 bits per heavy atom. The average molecular weight is 299 g/mol. The Morgan fingerprint density at radius 3 is 2.35 bits per heavy atom. The zero-order valence-electron chi connectivity index (χ0n) is 11.5. The van der Waals surface area contributed by atoms with Crippen molar-refractivity contribution in [1.29, 1.82) is 0 Å². The third kappa shape index (κ3) is 4.34. The highest BCUT2D eigenvalue weighted by Crippen LogP contribution is 2.10. The summed E-state index contributed by atoms with van der Waals surface area (Å²) in [6.45, 7) is 1.62. The zero-order valence-corrected chi connectivity index (χ0v) is 12.3. The van der Waals surface area contributed by atoms with Crippen LogP contribution in [-0.2, 0) is 9.84 Å². The van der Waals surface area contributed by atoms with E-state index in [0.717, 1.165) is 6.26 Å². The van der Waals surface area contributed by atoms with Gasteiger partial charge in [-0.05, 0) is 25.1 Å². The Kier molecular flexibility index (Phi) is 4.88. The number of carbonyl (C=O) groups is 2. The first-order chi connectivity index (χ1) is 9.11. The summed E-state index contributed by atoms with van der Waals surface area (Å²) in [4.78, 5) is 24.3. The number of hydrogen-bond acceptors (Lipinski definition) is 4. The van der Waals surface area contributed by atoms with Crippen LogP contribution in [-0.4, -0.2) is 55.4 Å². The Bertz CT molecular complexity index is 623. The lowest BCUT2D eigenvalue weighted by molar-refractivity contribution is 0.0697. The first-order valence-electron chi connectivity index (χ1n) is 5.90. The molecule has 7 heteroatoms. The summed E-state index contributed by atoms with van der Waals surface area (Å²) in [7, 11) is -1.70. The van der Waals surface area contributed by atoms with Crippen molar-refractivity contribution in [2.24, 2.45) is 0 Å². The highest BCUT2D eigenvalue weighted by molar-refractivity contribution is 7.90. The van der Waals surface area contributed by atoms with Gasteiger partial charge in [-0.3, -0.25) is 4.79 Å². The molecule has 1 N–H and O–H groups in total. The minimum Gasteiger partial charge on any atom is -0.478 e. The summed E-state index contributed by atoms with van der Waals surface area (Å²) in [6.07, 6.45) is 1.10. The number of nitrogens with zero attached hydrogens (tertiary/aromatic N) is 1. The van der Waals surface area contributed by atoms with Gasteiger partial charge in [-0.1, -0.05) is 6.07 Å². The molecule has 110 valence electrons. The van der Waals surface area contributed by atoms with E-state index in [2.05, 4.69) is 0 Å². The molecule has 0 aliphatic heterocycles. The van der Waals surface area contributed by atoms with Crippen molar-refractivity contribution in [3.8, 4) is 0 Å². The molecule has 1 aromatic carbocycles. The van der Waals surface area contributed by atoms with Crippen LogP contribution in [0.15, 0.2) is 24.3 Å². The van der Waals surface area contributed by atoms with Gasteiger partial charge in [0.15, 0.2) is 0 Å². The van der Waals surface area contributed by atoms with Gasteiger partial charge in [0.25, 0.3) is 5.91 Å². The van der Waals surface area contributed by atoms with Gasteiger partial charge >= 0.3 is 5.97 Å². The standard InChI is InChI=1S/C13H17NO5S/c1-9(8-20(3,18)19)14(2)12(15)10-5-4-6-11(7-10)13(16)17/h4-7,9H,8H2,1-3H3,(H,16,17). The first-order valence-corrected chi connectivity index (χ1v) is 7.96. The Balaban J connectivity index is 2.94. The molecule has 1 amide bonds. The van der Waals surface area contributed by atoms with E-state index in [9.17, 15) is 18.0 Å². The van der Waals surface area contributed by atoms with Crippen LogP contribution in [0.5, 0.6) is 0 Å². The van der Waals surface area contributed by atoms with Crippen LogP contribution in [0.25, 0.3) is 0 Å². The average Bonchev–Trinajstić information content (AvgIpc) is 2.35. The molecule has 0 radical (unpaired) electrons. The van der Waals surface area contributed by atoms with Crippen molar-refractivity contribution in [3.05, 3.63) is 35.4 Å². The van der Waals surface area contributed by atoms with Crippen LogP contribution in [0, 0.1) is 0 Å². The molecular weight excluding hydrogens is 282 g/mol. The number of hydrogen-bond donors (Lipinski definition) is 1. The predicted octanol–water partition coefficient (Wildman–Crippen LogP) is 0.890. The summed E-state index contributed by atoms with van der Waals surface area (Å²) in [5.41, 5.74) is 0.229. The van der Waals surface area contributed by atoms with E-state index >= 15 is 0 Å². The fourth-order valence-corrected chi connectivity index (χ4v) is 2.84. The SMILES string of the molecule is CC(CS(C)(=O)=O)N(C)C(=O)c1cccc(C(=O)O)c1. The van der Waals surface area contributed by atoms with Crippen LogP contribution in [0.3, 0.4) is 0 Å². The van der Waals surface area contributed by atoms with Gasteiger partial charge in [0.1, 0.15) is 9.84 Å². The van der Waals surface area contributed by atoms with Gasteiger partial charge < -0.3 is 10.0 Å². The molecule has 0 aliphatic rings. The Labute approximate surface area is 117 Å². The van der Waals surface area contributed by atoms with Crippen LogP contribution in [0.4, 0.5) is 0 Å². The van der Waals surface area contributed by atoms with Crippen LogP contribution >= 0.6 is 0 Å². The molecule has 1 unspecified atom stereocenters. The Hall–Kier alpha value is -1.89. The second-order valence-corrected chi connectivity index (χ2v) is 6.93. The van der Waals surface area contributed by atoms with E-state index in [1.54, 1.807) is 6.92 Å². The number of aromatic carboxylic acids is 1. The lowest BCUT2D eigenvalue weighted by Gasteiger charge is -2.24. The topological polar surface area (TPSA) is 91.8 Å². The minimum atomic E-state index is -3.19. The molecule has 0 aliphatic carbocycles. The second-order valence-electron chi connectivity index (χ2n) is 4.74. The minimum absolute atomic E-state index is 0.0139. The maximum absolute atomic E-state index is 12.2. The fourth-order valence-electron chi connectivity index (χ4n) is 1.74. The second kappa shape index (κ2) is 6.04. The number of sulfone groups is 1. The third-order valence-electron chi connectivity index (χ3n) is 2.88. The van der Waals surface area contributed by atoms with Gasteiger partial charge in [0, 0.05) is 24.9 Å². The van der Waals surface area contributed by atoms with Crippen molar-refractivity contribution in [2.45, 2.75) is 13.0 Å². The molecule has 0 saturated carbocycles. The number of benzene rings is 1. The largest absolute Gasteiger partial charge is 0.478 e. The van der Waals surface area contributed by atoms with Gasteiger partial charge in [-0.2, -0.15) is 0 Å². The molecule has 1 aromatic rings. The molecule has 1 atom stereocenters. The number of carboxylic acid groups (broad SMARTS) is 1. The number of carboxylic acids is 1. The van der Waals surface area contributed by atoms with E-state index in [1.165, 1.54) is 36.2 Å². The molecule has 6 nitrogen and oxygen atoms in total. The quantitative estimate of drug-likeness (QED) is 0.871. The Morgan fingerprint density at radius 2 is 1.85 bits per heavy atom. The molecule has 0 saturated heterocycles. The van der Waals surface area contributed by atoms with Crippen molar-refractivity contribution >= 4 is 21.7 Å². The molecule has 0 heterocycles. The molecule has 0 spiro atoms. The number of amides is 1. The van der Waals surface area contributed by atoms with Crippen molar-refractivity contribution in [1.82, 2.24) is 4.90 Å². The lowest BCUT2D eigenvalue weighted by atomic mass is 10.1. The molecule has 0 aromatic heterocycles. The number of rotatable bonds is 5. The van der Waals surface area contributed by atoms with E-state index in [0.29, 0.717) is 0 Å². The zero-order chi connectivity index (χ0) is 15.5. The molecular formula is C13H17NO5S. The molecule has 0 fully saturated rings. The predicted molar refractivity (Wildman–Crippen MR) is 74.7 cm³/mol. The van der Waals surface area contributed by atoms with Gasteiger partial charge in [-0.25, -0.2) is 13.2 Å². The van der Waals surface area contributed by atoms with Gasteiger partial charge in [0.05, 0.1) is 11.3 Å². The maximum Gasteiger partial charge on any atom is 0.335 e. The maximum atomic E-state index is 12.2. The molecule has 20 heavy (non-hydrogen) atoms. The summed E-state index contributed by atoms with van der Waals surface area (Å²) in [5, 5.41) is 8.89. The molecule has 0 bridgehead atoms. The highest BCUT2D eigenvalue weighted by Gasteiger charge is 2.21. The summed E-state index contributed by atoms with van der Waals surface area (Å²) >= 11 is 0. The van der Waals surface area contributed by atoms with Crippen LogP contribution in [0.2, 0.25) is 0 Å². The first kappa shape index (κ1) is 16.2. The van der Waals surface area contributed by atoms with Gasteiger partial charge in [0.2, 0.25) is 0 Å². The smallest absolute Gasteiger partial charge is 0.335 e. The van der Waals surface area contributed by atoms with E-state index < -0.39 is 27.8 Å². The van der Waals surface area contributed by atoms with Crippen LogP contribution < -0.4 is 0 Å². The monoisotopic (exact) mass is 299 g/mol. The summed E-state index contributed by atoms with van der Waals surface area (Å²) in [5.74, 6) is -1.68. The van der Waals surface area contributed by atoms with Gasteiger partial charge in [-0.15, -0.1) is 0 Å². The van der Waals surface area contributed by atoms with Crippen molar-refractivity contribution < 1.29 is 23.1 Å². The normalized spacial score (nSPS) is 12.8. The summed E-state index contributed by atoms with van der Waals surface area (Å²) in [6, 6.07) is 5.14. The lowest BCUT2D eigenvalue weighted by Crippen LogP contribution is -2.39. The van der Waals surface area contributed by atoms with Crippen LogP contribution in [0.1, 0.15) is 27.6 Å². The van der Waals surface area contributed by atoms with Crippen molar-refractivity contribution in [3.63, 3.8) is 0 Å². The summed E-state index contributed by atoms with van der Waals surface area (Å²) < 4.78 is 22.5. The fraction of sp³-hybridized carbons (Fsp3) is 0.385. The molecule has 1 rings (SSSR count). The van der Waals surface area contributed by atoms with E-state index in [1.807, 2.05) is 0 Å². The highest BCUT2D eigenvalue weighted by atomic mass is 32.2. The van der Waals surface area contributed by atoms with E-state index in [-0.39, 0.29) is 16.9 Å².